The fourth-order valence-electron chi connectivity index (χ4n) is 2.25. The normalized spacial score (nSPS) is 17.7. The average molecular weight is 355 g/mol. The van der Waals surface area contributed by atoms with E-state index in [9.17, 15) is 9.59 Å². The number of hydrogen-bond acceptors (Lipinski definition) is 6. The molecule has 0 aliphatic carbocycles. The molecule has 1 aliphatic heterocycles. The van der Waals surface area contributed by atoms with Crippen molar-refractivity contribution >= 4 is 41.1 Å². The summed E-state index contributed by atoms with van der Waals surface area (Å²) in [5.74, 6) is -0.281. The quantitative estimate of drug-likeness (QED) is 0.666. The molecule has 1 aliphatic rings. The van der Waals surface area contributed by atoms with E-state index in [4.69, 9.17) is 28.3 Å². The minimum Gasteiger partial charge on any atom is -0.450 e. The van der Waals surface area contributed by atoms with Gasteiger partial charge in [-0.15, -0.1) is 0 Å². The van der Waals surface area contributed by atoms with Gasteiger partial charge < -0.3 is 9.84 Å². The molecule has 2 aromatic heterocycles. The van der Waals surface area contributed by atoms with Gasteiger partial charge in [0.1, 0.15) is 11.9 Å². The number of pyridine rings is 1. The van der Waals surface area contributed by atoms with Crippen LogP contribution in [0, 0.1) is 0 Å². The summed E-state index contributed by atoms with van der Waals surface area (Å²) in [6.45, 7) is 0. The molecule has 2 aromatic rings. The van der Waals surface area contributed by atoms with Crippen LogP contribution >= 0.6 is 23.2 Å². The predicted octanol–water partition coefficient (Wildman–Crippen LogP) is 2.49. The van der Waals surface area contributed by atoms with Crippen molar-refractivity contribution in [2.24, 2.45) is 0 Å². The molecule has 0 fully saturated rings. The number of fused-ring (bicyclic) bond motifs is 1. The highest BCUT2D eigenvalue weighted by atomic mass is 35.5. The maximum Gasteiger partial charge on any atom is 0.507 e. The number of hydrogen-bond donors (Lipinski definition) is 1. The number of carbonyl (C=O) groups excluding carboxylic acids is 1. The van der Waals surface area contributed by atoms with Crippen LogP contribution in [0.2, 0.25) is 5.02 Å². The number of nitrogens with zero attached hydrogens (tertiary/aromatic N) is 4. The first-order chi connectivity index (χ1) is 11.0. The molecule has 3 rings (SSSR count). The summed E-state index contributed by atoms with van der Waals surface area (Å²) in [7, 11) is 0. The molecule has 118 valence electrons. The minimum atomic E-state index is -1.57. The number of ether oxygens (including phenoxy) is 1. The van der Waals surface area contributed by atoms with E-state index in [0.29, 0.717) is 5.02 Å². The summed E-state index contributed by atoms with van der Waals surface area (Å²) in [6, 6.07) is 2.06. The SMILES string of the molecule is O=C(O)OC(Cl)[C@@H]1c2nccnc2C(=O)N1c1ccc(Cl)cn1. The number of amides is 1. The van der Waals surface area contributed by atoms with Crippen LogP contribution in [0.1, 0.15) is 22.2 Å². The van der Waals surface area contributed by atoms with Gasteiger partial charge in [-0.05, 0) is 12.1 Å². The summed E-state index contributed by atoms with van der Waals surface area (Å²) in [6.07, 6.45) is 2.52. The van der Waals surface area contributed by atoms with Crippen LogP contribution in [0.25, 0.3) is 0 Å². The number of carbonyl (C=O) groups is 2. The first kappa shape index (κ1) is 15.4. The summed E-state index contributed by atoms with van der Waals surface area (Å²) < 4.78 is 4.58. The molecule has 0 bridgehead atoms. The third-order valence-electron chi connectivity index (χ3n) is 3.13. The molecule has 10 heteroatoms. The second-order valence-electron chi connectivity index (χ2n) is 4.48. The molecule has 2 atom stereocenters. The molecule has 0 aromatic carbocycles. The van der Waals surface area contributed by atoms with E-state index < -0.39 is 23.7 Å². The molecule has 0 saturated carbocycles. The lowest BCUT2D eigenvalue weighted by molar-refractivity contribution is 0.0691. The van der Waals surface area contributed by atoms with Crippen molar-refractivity contribution in [3.63, 3.8) is 0 Å². The van der Waals surface area contributed by atoms with E-state index in [0.717, 1.165) is 0 Å². The van der Waals surface area contributed by atoms with Gasteiger partial charge in [0.25, 0.3) is 5.91 Å². The Kier molecular flexibility index (Phi) is 4.01. The Labute approximate surface area is 139 Å². The van der Waals surface area contributed by atoms with Crippen molar-refractivity contribution in [1.29, 1.82) is 0 Å². The van der Waals surface area contributed by atoms with Gasteiger partial charge in [-0.2, -0.15) is 0 Å². The molecule has 23 heavy (non-hydrogen) atoms. The van der Waals surface area contributed by atoms with Crippen molar-refractivity contribution in [3.8, 4) is 0 Å². The molecule has 1 N–H and O–H groups in total. The highest BCUT2D eigenvalue weighted by Gasteiger charge is 2.46. The summed E-state index contributed by atoms with van der Waals surface area (Å²) in [4.78, 5) is 36.6. The fourth-order valence-corrected chi connectivity index (χ4v) is 2.67. The number of halogens is 2. The Bertz CT molecular complexity index is 771. The van der Waals surface area contributed by atoms with E-state index >= 15 is 0 Å². The number of anilines is 1. The Morgan fingerprint density at radius 2 is 2.04 bits per heavy atom. The number of alkyl halides is 1. The van der Waals surface area contributed by atoms with E-state index in [1.165, 1.54) is 29.6 Å². The van der Waals surface area contributed by atoms with Crippen LogP contribution in [0.5, 0.6) is 0 Å². The molecule has 1 unspecified atom stereocenters. The van der Waals surface area contributed by atoms with E-state index in [2.05, 4.69) is 19.7 Å². The van der Waals surface area contributed by atoms with Crippen LogP contribution in [0.4, 0.5) is 10.6 Å². The molecule has 0 spiro atoms. The van der Waals surface area contributed by atoms with Gasteiger partial charge in [0.05, 0.1) is 10.7 Å². The van der Waals surface area contributed by atoms with E-state index in [-0.39, 0.29) is 17.2 Å². The highest BCUT2D eigenvalue weighted by molar-refractivity contribution is 6.30. The lowest BCUT2D eigenvalue weighted by atomic mass is 10.2. The molecule has 3 heterocycles. The molecular weight excluding hydrogens is 347 g/mol. The largest absolute Gasteiger partial charge is 0.507 e. The standard InChI is InChI=1S/C13H8Cl2N4O4/c14-6-1-2-7(18-5-6)19-10(11(15)23-13(21)22)8-9(12(19)20)17-4-3-16-8/h1-5,10-11H,(H,21,22)/t10-,11?/m0/s1. The molecular formula is C13H8Cl2N4O4. The summed E-state index contributed by atoms with van der Waals surface area (Å²) in [5.41, 5.74) is -1.10. The van der Waals surface area contributed by atoms with Gasteiger partial charge in [-0.1, -0.05) is 23.2 Å². The van der Waals surface area contributed by atoms with Crippen LogP contribution < -0.4 is 4.90 Å². The maximum atomic E-state index is 12.6. The summed E-state index contributed by atoms with van der Waals surface area (Å²) in [5, 5.41) is 9.16. The monoisotopic (exact) mass is 354 g/mol. The van der Waals surface area contributed by atoms with E-state index in [1.54, 1.807) is 6.07 Å². The van der Waals surface area contributed by atoms with Gasteiger partial charge >= 0.3 is 6.16 Å². The molecule has 0 radical (unpaired) electrons. The number of aromatic nitrogens is 3. The Balaban J connectivity index is 2.07. The second kappa shape index (κ2) is 5.98. The average Bonchev–Trinajstić information content (AvgIpc) is 2.81. The van der Waals surface area contributed by atoms with Crippen molar-refractivity contribution in [2.75, 3.05) is 4.90 Å². The van der Waals surface area contributed by atoms with Gasteiger partial charge in [-0.25, -0.2) is 14.8 Å². The van der Waals surface area contributed by atoms with Crippen LogP contribution in [0.3, 0.4) is 0 Å². The molecule has 8 nitrogen and oxygen atoms in total. The smallest absolute Gasteiger partial charge is 0.450 e. The second-order valence-corrected chi connectivity index (χ2v) is 5.35. The first-order valence-corrected chi connectivity index (χ1v) is 7.10. The Morgan fingerprint density at radius 1 is 1.30 bits per heavy atom. The minimum absolute atomic E-state index is 0.0638. The van der Waals surface area contributed by atoms with Gasteiger partial charge in [0.2, 0.25) is 5.56 Å². The highest BCUT2D eigenvalue weighted by Crippen LogP contribution is 2.39. The van der Waals surface area contributed by atoms with Crippen molar-refractivity contribution < 1.29 is 19.4 Å². The zero-order chi connectivity index (χ0) is 16.6. The Hall–Kier alpha value is -2.45. The number of rotatable bonds is 3. The number of carboxylic acid groups (broad SMARTS) is 1. The lowest BCUT2D eigenvalue weighted by Crippen LogP contribution is -2.35. The van der Waals surface area contributed by atoms with Gasteiger partial charge in [0.15, 0.2) is 5.69 Å². The maximum absolute atomic E-state index is 12.6. The van der Waals surface area contributed by atoms with Crippen molar-refractivity contribution in [1.82, 2.24) is 15.0 Å². The molecule has 1 amide bonds. The van der Waals surface area contributed by atoms with Crippen molar-refractivity contribution in [3.05, 3.63) is 47.1 Å². The summed E-state index contributed by atoms with van der Waals surface area (Å²) >= 11 is 11.8. The molecule has 0 saturated heterocycles. The lowest BCUT2D eigenvalue weighted by Gasteiger charge is -2.26. The fraction of sp³-hybridized carbons (Fsp3) is 0.154. The third kappa shape index (κ3) is 2.78. The zero-order valence-electron chi connectivity index (χ0n) is 11.3. The van der Waals surface area contributed by atoms with Crippen LogP contribution in [0.15, 0.2) is 30.7 Å². The Morgan fingerprint density at radius 3 is 2.70 bits per heavy atom. The topological polar surface area (TPSA) is 106 Å². The van der Waals surface area contributed by atoms with Crippen molar-refractivity contribution in [2.45, 2.75) is 11.6 Å². The zero-order valence-corrected chi connectivity index (χ0v) is 12.8. The predicted molar refractivity (Wildman–Crippen MR) is 79.6 cm³/mol. The van der Waals surface area contributed by atoms with E-state index in [1.807, 2.05) is 0 Å². The third-order valence-corrected chi connectivity index (χ3v) is 3.68. The van der Waals surface area contributed by atoms with Gasteiger partial charge in [0, 0.05) is 18.6 Å². The van der Waals surface area contributed by atoms with Gasteiger partial charge in [-0.3, -0.25) is 14.7 Å². The van der Waals surface area contributed by atoms with Crippen LogP contribution in [-0.4, -0.2) is 37.7 Å². The first-order valence-electron chi connectivity index (χ1n) is 6.28. The van der Waals surface area contributed by atoms with Crippen LogP contribution in [-0.2, 0) is 4.74 Å².